The predicted molar refractivity (Wildman–Crippen MR) is 149 cm³/mol. The molecule has 2 saturated heterocycles. The number of carbonyl (C=O) groups excluding carboxylic acids is 2. The molecule has 0 aliphatic carbocycles. The molecule has 2 amide bonds. The van der Waals surface area contributed by atoms with Crippen molar-refractivity contribution in [3.8, 4) is 11.3 Å². The number of imide groups is 1. The summed E-state index contributed by atoms with van der Waals surface area (Å²) >= 11 is 0.873. The summed E-state index contributed by atoms with van der Waals surface area (Å²) in [6.07, 6.45) is 7.07. The molecule has 3 N–H and O–H groups in total. The summed E-state index contributed by atoms with van der Waals surface area (Å²) in [6.45, 7) is 5.16. The average Bonchev–Trinajstić information content (AvgIpc) is 3.25. The largest absolute Gasteiger partial charge is 0.478 e. The number of carboxylic acid groups (broad SMARTS) is 1. The van der Waals surface area contributed by atoms with E-state index in [0.29, 0.717) is 40.3 Å². The normalized spacial score (nSPS) is 17.1. The lowest BCUT2D eigenvalue weighted by Gasteiger charge is -2.32. The number of aromatic nitrogens is 3. The van der Waals surface area contributed by atoms with Gasteiger partial charge in [0.15, 0.2) is 0 Å². The highest BCUT2D eigenvalue weighted by Gasteiger charge is 2.26. The molecule has 4 heterocycles. The molecule has 3 aromatic rings. The molecule has 200 valence electrons. The molecule has 1 aromatic carbocycles. The highest BCUT2D eigenvalue weighted by Crippen LogP contribution is 2.26. The number of nitrogens with one attached hydrogen (secondary N) is 2. The summed E-state index contributed by atoms with van der Waals surface area (Å²) < 4.78 is 0. The number of carboxylic acids is 1. The van der Waals surface area contributed by atoms with E-state index in [1.165, 1.54) is 0 Å². The number of aryl methyl sites for hydroxylation is 1. The smallest absolute Gasteiger partial charge is 0.336 e. The molecule has 5 rings (SSSR count). The van der Waals surface area contributed by atoms with Crippen LogP contribution in [0.1, 0.15) is 40.0 Å². The molecule has 0 spiro atoms. The molecule has 2 fully saturated rings. The average molecular weight is 545 g/mol. The fourth-order valence-corrected chi connectivity index (χ4v) is 5.32. The highest BCUT2D eigenvalue weighted by molar-refractivity contribution is 8.18. The van der Waals surface area contributed by atoms with Crippen LogP contribution >= 0.6 is 11.8 Å². The van der Waals surface area contributed by atoms with Crippen LogP contribution in [0, 0.1) is 12.8 Å². The van der Waals surface area contributed by atoms with Crippen molar-refractivity contribution in [2.45, 2.75) is 26.3 Å². The molecule has 2 aliphatic heterocycles. The number of hydrogen-bond acceptors (Lipinski definition) is 9. The van der Waals surface area contributed by atoms with Crippen molar-refractivity contribution in [1.29, 1.82) is 0 Å². The number of hydrogen-bond donors (Lipinski definition) is 3. The van der Waals surface area contributed by atoms with Crippen LogP contribution in [0.25, 0.3) is 17.3 Å². The zero-order valence-electron chi connectivity index (χ0n) is 21.4. The first-order chi connectivity index (χ1) is 18.9. The number of nitrogens with zero attached hydrogens (tertiary/aromatic N) is 4. The Kier molecular flexibility index (Phi) is 7.99. The van der Waals surface area contributed by atoms with E-state index in [1.54, 1.807) is 36.7 Å². The van der Waals surface area contributed by atoms with Gasteiger partial charge in [-0.25, -0.2) is 14.8 Å². The second-order valence-corrected chi connectivity index (χ2v) is 10.6. The minimum atomic E-state index is -0.963. The van der Waals surface area contributed by atoms with Gasteiger partial charge in [-0.3, -0.25) is 19.9 Å². The van der Waals surface area contributed by atoms with Gasteiger partial charge in [-0.05, 0) is 79.9 Å². The van der Waals surface area contributed by atoms with E-state index in [-0.39, 0.29) is 10.8 Å². The summed E-state index contributed by atoms with van der Waals surface area (Å²) in [6, 6.07) is 10.8. The van der Waals surface area contributed by atoms with E-state index >= 15 is 0 Å². The van der Waals surface area contributed by atoms with Gasteiger partial charge in [0.2, 0.25) is 5.95 Å². The first-order valence-electron chi connectivity index (χ1n) is 12.7. The van der Waals surface area contributed by atoms with E-state index in [9.17, 15) is 19.5 Å². The van der Waals surface area contributed by atoms with Crippen molar-refractivity contribution in [3.05, 3.63) is 76.1 Å². The Labute approximate surface area is 230 Å². The number of piperidine rings is 1. The molecule has 0 saturated carbocycles. The first-order valence-corrected chi connectivity index (χ1v) is 13.5. The quantitative estimate of drug-likeness (QED) is 0.358. The molecule has 39 heavy (non-hydrogen) atoms. The summed E-state index contributed by atoms with van der Waals surface area (Å²) in [4.78, 5) is 50.8. The van der Waals surface area contributed by atoms with Gasteiger partial charge in [-0.1, -0.05) is 17.7 Å². The number of carbonyl (C=O) groups is 3. The van der Waals surface area contributed by atoms with E-state index in [0.717, 1.165) is 55.4 Å². The Bertz CT molecular complexity index is 1430. The van der Waals surface area contributed by atoms with Gasteiger partial charge in [0, 0.05) is 37.6 Å². The zero-order chi connectivity index (χ0) is 27.4. The molecule has 11 heteroatoms. The van der Waals surface area contributed by atoms with Gasteiger partial charge < -0.3 is 15.3 Å². The van der Waals surface area contributed by atoms with Crippen LogP contribution in [0.3, 0.4) is 0 Å². The van der Waals surface area contributed by atoms with Gasteiger partial charge in [-0.15, -0.1) is 0 Å². The Morgan fingerprint density at radius 2 is 2.00 bits per heavy atom. The maximum Gasteiger partial charge on any atom is 0.336 e. The Hall–Kier alpha value is -4.09. The second-order valence-electron chi connectivity index (χ2n) is 9.60. The second kappa shape index (κ2) is 11.7. The summed E-state index contributed by atoms with van der Waals surface area (Å²) in [5.74, 6) is -0.218. The Morgan fingerprint density at radius 3 is 2.69 bits per heavy atom. The van der Waals surface area contributed by atoms with Crippen molar-refractivity contribution >= 4 is 40.9 Å². The third-order valence-corrected chi connectivity index (χ3v) is 7.56. The Balaban J connectivity index is 1.11. The number of anilines is 1. The predicted octanol–water partition coefficient (Wildman–Crippen LogP) is 3.88. The monoisotopic (exact) mass is 544 g/mol. The van der Waals surface area contributed by atoms with Gasteiger partial charge in [0.1, 0.15) is 0 Å². The summed E-state index contributed by atoms with van der Waals surface area (Å²) in [5.41, 5.74) is 4.14. The molecule has 10 nitrogen and oxygen atoms in total. The fraction of sp³-hybridized carbons (Fsp3) is 0.286. The van der Waals surface area contributed by atoms with E-state index in [2.05, 4.69) is 30.5 Å². The molecule has 0 atom stereocenters. The molecule has 0 radical (unpaired) electrons. The van der Waals surface area contributed by atoms with Crippen molar-refractivity contribution < 1.29 is 19.5 Å². The van der Waals surface area contributed by atoms with Crippen LogP contribution in [0.4, 0.5) is 10.7 Å². The first kappa shape index (κ1) is 26.5. The molecular formula is C28H28N6O4S. The van der Waals surface area contributed by atoms with Gasteiger partial charge in [0.05, 0.1) is 21.9 Å². The van der Waals surface area contributed by atoms with E-state index in [4.69, 9.17) is 0 Å². The number of amides is 2. The SMILES string of the molecule is Cc1ccc(C(=O)O)c(-c2ccc(CNCC3CCN(c4nccc(C=C5SC(=O)NC5=O)n4)CC3)cn2)c1. The van der Waals surface area contributed by atoms with Crippen molar-refractivity contribution in [2.75, 3.05) is 24.5 Å². The number of aromatic carboxylic acids is 1. The molecular weight excluding hydrogens is 516 g/mol. The summed E-state index contributed by atoms with van der Waals surface area (Å²) in [7, 11) is 0. The van der Waals surface area contributed by atoms with Crippen LogP contribution in [-0.2, 0) is 11.3 Å². The highest BCUT2D eigenvalue weighted by atomic mass is 32.2. The number of benzene rings is 1. The van der Waals surface area contributed by atoms with E-state index in [1.807, 2.05) is 25.1 Å². The van der Waals surface area contributed by atoms with Gasteiger partial charge in [-0.2, -0.15) is 0 Å². The topological polar surface area (TPSA) is 137 Å². The van der Waals surface area contributed by atoms with Crippen LogP contribution in [0.15, 0.2) is 53.7 Å². The third-order valence-electron chi connectivity index (χ3n) is 6.75. The standard InChI is InChI=1S/C28H28N6O4S/c1-17-2-4-21(26(36)37)22(12-17)23-5-3-19(16-31-23)15-29-14-18-7-10-34(11-8-18)27-30-9-6-20(32-27)13-24-25(35)33-28(38)39-24/h2-6,9,12-13,16,18,29H,7-8,10-11,14-15H2,1H3,(H,36,37)(H,33,35,38). The fourth-order valence-electron chi connectivity index (χ4n) is 4.65. The van der Waals surface area contributed by atoms with Crippen LogP contribution in [-0.4, -0.2) is 56.8 Å². The number of thioether (sulfide) groups is 1. The van der Waals surface area contributed by atoms with E-state index < -0.39 is 11.9 Å². The lowest BCUT2D eigenvalue weighted by atomic mass is 9.97. The number of rotatable bonds is 8. The maximum atomic E-state index is 11.8. The van der Waals surface area contributed by atoms with Crippen LogP contribution < -0.4 is 15.5 Å². The number of pyridine rings is 1. The molecule has 2 aromatic heterocycles. The Morgan fingerprint density at radius 1 is 1.18 bits per heavy atom. The lowest BCUT2D eigenvalue weighted by molar-refractivity contribution is -0.115. The van der Waals surface area contributed by atoms with Crippen molar-refractivity contribution in [2.24, 2.45) is 5.92 Å². The third kappa shape index (κ3) is 6.50. The van der Waals surface area contributed by atoms with Gasteiger partial charge in [0.25, 0.3) is 11.1 Å². The van der Waals surface area contributed by atoms with Crippen molar-refractivity contribution in [3.63, 3.8) is 0 Å². The molecule has 0 unspecified atom stereocenters. The molecule has 0 bridgehead atoms. The minimum Gasteiger partial charge on any atom is -0.478 e. The maximum absolute atomic E-state index is 11.8. The molecule has 2 aliphatic rings. The minimum absolute atomic E-state index is 0.246. The van der Waals surface area contributed by atoms with Gasteiger partial charge >= 0.3 is 5.97 Å². The van der Waals surface area contributed by atoms with Crippen LogP contribution in [0.2, 0.25) is 0 Å². The van der Waals surface area contributed by atoms with Crippen molar-refractivity contribution in [1.82, 2.24) is 25.6 Å². The van der Waals surface area contributed by atoms with Crippen LogP contribution in [0.5, 0.6) is 0 Å². The zero-order valence-corrected chi connectivity index (χ0v) is 22.2. The lowest BCUT2D eigenvalue weighted by Crippen LogP contribution is -2.38. The summed E-state index contributed by atoms with van der Waals surface area (Å²) in [5, 5.41) is 14.9.